The van der Waals surface area contributed by atoms with E-state index in [0.29, 0.717) is 0 Å². The van der Waals surface area contributed by atoms with Crippen LogP contribution in [0.2, 0.25) is 0 Å². The average Bonchev–Trinajstić information content (AvgIpc) is 3.77. The van der Waals surface area contributed by atoms with Gasteiger partial charge in [0.15, 0.2) is 0 Å². The van der Waals surface area contributed by atoms with Crippen LogP contribution in [0.5, 0.6) is 0 Å². The van der Waals surface area contributed by atoms with Gasteiger partial charge in [-0.1, -0.05) is 153 Å². The van der Waals surface area contributed by atoms with Crippen LogP contribution in [0.25, 0.3) is 60.9 Å². The lowest BCUT2D eigenvalue weighted by molar-refractivity contribution is 0.414. The Hall–Kier alpha value is -6.64. The summed E-state index contributed by atoms with van der Waals surface area (Å²) in [5, 5.41) is 2.59. The Bertz CT molecular complexity index is 3040. The van der Waals surface area contributed by atoms with Crippen LogP contribution in [0.4, 0.5) is 17.1 Å². The SMILES string of the molecule is CCCCC1(CCCC)c2cc(C)ccc2-c2ccc(-c3ccc4c(c3)c3cc(C)ccc3n4-c3ccc(-c4ccc(N(c5ccc(C)cc5)c5ccc(C)cc5)cc4)cc3)cc21. The standard InChI is InChI=1S/C61H58N2/c1-7-9-35-61(36-10-8-2)57-38-44(6)15-31-53(57)54-32-21-48(40-58(54)61)47-22-34-60-56(39-47)55-37-43(5)16-33-59(55)63(60)52-29-19-46(20-30-52)45-17-27-51(28-18-45)62(49-23-11-41(3)12-24-49)50-25-13-42(4)14-26-50/h11-34,37-40H,7-10,35-36H2,1-6H3. The predicted octanol–water partition coefficient (Wildman–Crippen LogP) is 17.5. The van der Waals surface area contributed by atoms with Crippen molar-refractivity contribution in [1.29, 1.82) is 0 Å². The molecule has 10 rings (SSSR count). The first-order valence-electron chi connectivity index (χ1n) is 23.2. The van der Waals surface area contributed by atoms with Crippen molar-refractivity contribution >= 4 is 38.9 Å². The summed E-state index contributed by atoms with van der Waals surface area (Å²) in [6.07, 6.45) is 7.30. The molecule has 0 aliphatic heterocycles. The molecule has 0 radical (unpaired) electrons. The first-order valence-corrected chi connectivity index (χ1v) is 23.2. The second kappa shape index (κ2) is 16.6. The summed E-state index contributed by atoms with van der Waals surface area (Å²) in [5.74, 6) is 0. The summed E-state index contributed by atoms with van der Waals surface area (Å²) in [6.45, 7) is 13.4. The monoisotopic (exact) mass is 818 g/mol. The predicted molar refractivity (Wildman–Crippen MR) is 271 cm³/mol. The molecule has 312 valence electrons. The van der Waals surface area contributed by atoms with E-state index in [1.54, 1.807) is 5.56 Å². The lowest BCUT2D eigenvalue weighted by Gasteiger charge is -2.33. The number of hydrogen-bond acceptors (Lipinski definition) is 1. The number of nitrogens with zero attached hydrogens (tertiary/aromatic N) is 2. The Morgan fingerprint density at radius 1 is 0.397 bits per heavy atom. The second-order valence-electron chi connectivity index (χ2n) is 18.3. The van der Waals surface area contributed by atoms with Gasteiger partial charge in [-0.25, -0.2) is 0 Å². The van der Waals surface area contributed by atoms with Crippen LogP contribution < -0.4 is 4.90 Å². The lowest BCUT2D eigenvalue weighted by Crippen LogP contribution is -2.25. The number of fused-ring (bicyclic) bond motifs is 6. The number of anilines is 3. The summed E-state index contributed by atoms with van der Waals surface area (Å²) in [4.78, 5) is 2.33. The van der Waals surface area contributed by atoms with Gasteiger partial charge in [0.1, 0.15) is 0 Å². The van der Waals surface area contributed by atoms with Crippen LogP contribution in [-0.2, 0) is 5.41 Å². The van der Waals surface area contributed by atoms with Crippen LogP contribution in [0.15, 0.2) is 170 Å². The van der Waals surface area contributed by atoms with Crippen LogP contribution in [0, 0.1) is 27.7 Å². The molecule has 0 N–H and O–H groups in total. The highest BCUT2D eigenvalue weighted by atomic mass is 15.1. The van der Waals surface area contributed by atoms with E-state index < -0.39 is 0 Å². The first kappa shape index (κ1) is 40.4. The molecule has 1 aliphatic rings. The molecule has 0 fully saturated rings. The van der Waals surface area contributed by atoms with Gasteiger partial charge in [-0.2, -0.15) is 0 Å². The molecule has 0 atom stereocenters. The maximum absolute atomic E-state index is 2.56. The number of unbranched alkanes of at least 4 members (excludes halogenated alkanes) is 2. The summed E-state index contributed by atoms with van der Waals surface area (Å²) in [5.41, 5.74) is 23.2. The zero-order valence-corrected chi connectivity index (χ0v) is 37.8. The molecule has 63 heavy (non-hydrogen) atoms. The lowest BCUT2D eigenvalue weighted by atomic mass is 9.70. The fourth-order valence-corrected chi connectivity index (χ4v) is 10.4. The number of aryl methyl sites for hydroxylation is 4. The molecule has 1 aliphatic carbocycles. The Labute approximate surface area is 374 Å². The molecule has 0 bridgehead atoms. The molecule has 0 spiro atoms. The van der Waals surface area contributed by atoms with E-state index in [0.717, 1.165) is 17.1 Å². The van der Waals surface area contributed by atoms with E-state index in [-0.39, 0.29) is 5.41 Å². The van der Waals surface area contributed by atoms with Crippen molar-refractivity contribution in [2.45, 2.75) is 85.5 Å². The maximum atomic E-state index is 2.56. The van der Waals surface area contributed by atoms with Crippen molar-refractivity contribution in [3.8, 4) is 39.1 Å². The molecule has 0 amide bonds. The minimum atomic E-state index is 0.0629. The van der Waals surface area contributed by atoms with Gasteiger partial charge in [-0.15, -0.1) is 0 Å². The minimum absolute atomic E-state index is 0.0629. The summed E-state index contributed by atoms with van der Waals surface area (Å²) in [7, 11) is 0. The van der Waals surface area contributed by atoms with Crippen LogP contribution in [0.1, 0.15) is 85.8 Å². The quantitative estimate of drug-likeness (QED) is 0.119. The fraction of sp³-hybridized carbons (Fsp3) is 0.213. The third-order valence-corrected chi connectivity index (χ3v) is 13.9. The molecule has 8 aromatic carbocycles. The summed E-state index contributed by atoms with van der Waals surface area (Å²) < 4.78 is 2.45. The Morgan fingerprint density at radius 2 is 0.810 bits per heavy atom. The summed E-state index contributed by atoms with van der Waals surface area (Å²) in [6, 6.07) is 64.3. The number of aromatic nitrogens is 1. The molecule has 2 heteroatoms. The third kappa shape index (κ3) is 7.26. The van der Waals surface area contributed by atoms with Crippen molar-refractivity contribution in [3.63, 3.8) is 0 Å². The Morgan fingerprint density at radius 3 is 1.40 bits per heavy atom. The van der Waals surface area contributed by atoms with Gasteiger partial charge in [0, 0.05) is 38.9 Å². The van der Waals surface area contributed by atoms with Crippen LogP contribution >= 0.6 is 0 Å². The normalized spacial score (nSPS) is 12.8. The maximum Gasteiger partial charge on any atom is 0.0541 e. The minimum Gasteiger partial charge on any atom is -0.311 e. The highest BCUT2D eigenvalue weighted by molar-refractivity contribution is 6.11. The van der Waals surface area contributed by atoms with E-state index in [4.69, 9.17) is 0 Å². The molecule has 1 aromatic heterocycles. The van der Waals surface area contributed by atoms with Gasteiger partial charge >= 0.3 is 0 Å². The highest BCUT2D eigenvalue weighted by Gasteiger charge is 2.42. The zero-order chi connectivity index (χ0) is 43.2. The van der Waals surface area contributed by atoms with Gasteiger partial charge in [0.05, 0.1) is 11.0 Å². The molecular weight excluding hydrogens is 761 g/mol. The number of rotatable bonds is 12. The van der Waals surface area contributed by atoms with E-state index in [9.17, 15) is 0 Å². The smallest absolute Gasteiger partial charge is 0.0541 e. The van der Waals surface area contributed by atoms with Gasteiger partial charge in [-0.3, -0.25) is 0 Å². The fourth-order valence-electron chi connectivity index (χ4n) is 10.4. The van der Waals surface area contributed by atoms with E-state index in [1.807, 2.05) is 0 Å². The van der Waals surface area contributed by atoms with Crippen molar-refractivity contribution < 1.29 is 0 Å². The van der Waals surface area contributed by atoms with Crippen molar-refractivity contribution in [2.75, 3.05) is 4.90 Å². The van der Waals surface area contributed by atoms with E-state index in [1.165, 1.54) is 127 Å². The Kier molecular flexibility index (Phi) is 10.6. The van der Waals surface area contributed by atoms with Gasteiger partial charge < -0.3 is 9.47 Å². The molecule has 9 aromatic rings. The molecular formula is C61H58N2. The zero-order valence-electron chi connectivity index (χ0n) is 37.8. The highest BCUT2D eigenvalue weighted by Crippen LogP contribution is 2.55. The Balaban J connectivity index is 1.00. The van der Waals surface area contributed by atoms with Gasteiger partial charge in [-0.05, 0) is 164 Å². The largest absolute Gasteiger partial charge is 0.311 e. The van der Waals surface area contributed by atoms with Crippen LogP contribution in [0.3, 0.4) is 0 Å². The molecule has 0 unspecified atom stereocenters. The van der Waals surface area contributed by atoms with Crippen LogP contribution in [-0.4, -0.2) is 4.57 Å². The molecule has 1 heterocycles. The van der Waals surface area contributed by atoms with Crippen molar-refractivity contribution in [1.82, 2.24) is 4.57 Å². The molecule has 0 saturated carbocycles. The first-order chi connectivity index (χ1) is 30.7. The second-order valence-corrected chi connectivity index (χ2v) is 18.3. The number of benzene rings is 8. The topological polar surface area (TPSA) is 8.17 Å². The van der Waals surface area contributed by atoms with Crippen molar-refractivity contribution in [2.24, 2.45) is 0 Å². The molecule has 2 nitrogen and oxygen atoms in total. The van der Waals surface area contributed by atoms with E-state index >= 15 is 0 Å². The van der Waals surface area contributed by atoms with Gasteiger partial charge in [0.25, 0.3) is 0 Å². The van der Waals surface area contributed by atoms with E-state index in [2.05, 4.69) is 221 Å². The average molecular weight is 819 g/mol. The third-order valence-electron chi connectivity index (χ3n) is 13.9. The molecule has 0 saturated heterocycles. The van der Waals surface area contributed by atoms with Crippen molar-refractivity contribution in [3.05, 3.63) is 203 Å². The van der Waals surface area contributed by atoms with Gasteiger partial charge in [0.2, 0.25) is 0 Å². The number of hydrogen-bond donors (Lipinski definition) is 0. The summed E-state index contributed by atoms with van der Waals surface area (Å²) >= 11 is 0.